The highest BCUT2D eigenvalue weighted by molar-refractivity contribution is 6.30. The molecule has 0 saturated heterocycles. The van der Waals surface area contributed by atoms with E-state index in [0.29, 0.717) is 35.5 Å². The Bertz CT molecular complexity index is 1480. The van der Waals surface area contributed by atoms with Crippen LogP contribution in [0.15, 0.2) is 53.1 Å². The standard InChI is InChI=1S/C27H22ClF5N4O2/c28-17-7-5-16(6-8-17)26-34-13-23(39-26)21(11-15-9-18(29)12-19(30)10-15)35-24(38)14-37-22-4-2-1-3-20(22)25(36-37)27(31,32)33/h5-10,12-13,21H,1-4,11,14H2,(H,35,38). The summed E-state index contributed by atoms with van der Waals surface area (Å²) < 4.78 is 75.4. The maximum absolute atomic E-state index is 13.9. The highest BCUT2D eigenvalue weighted by Gasteiger charge is 2.39. The number of nitrogens with one attached hydrogen (secondary N) is 1. The Balaban J connectivity index is 1.42. The molecule has 12 heteroatoms. The van der Waals surface area contributed by atoms with Gasteiger partial charge in [0.2, 0.25) is 11.8 Å². The van der Waals surface area contributed by atoms with Crippen molar-refractivity contribution in [2.75, 3.05) is 0 Å². The van der Waals surface area contributed by atoms with Crippen molar-refractivity contribution in [2.24, 2.45) is 0 Å². The molecule has 4 aromatic rings. The monoisotopic (exact) mass is 564 g/mol. The summed E-state index contributed by atoms with van der Waals surface area (Å²) in [5.74, 6) is -1.82. The van der Waals surface area contributed by atoms with E-state index in [9.17, 15) is 26.7 Å². The minimum Gasteiger partial charge on any atom is -0.439 e. The van der Waals surface area contributed by atoms with Gasteiger partial charge in [-0.1, -0.05) is 11.6 Å². The van der Waals surface area contributed by atoms with Crippen LogP contribution in [0.25, 0.3) is 11.5 Å². The molecule has 1 amide bonds. The Kier molecular flexibility index (Phi) is 7.44. The smallest absolute Gasteiger partial charge is 0.435 e. The number of hydrogen-bond acceptors (Lipinski definition) is 4. The van der Waals surface area contributed by atoms with Crippen molar-refractivity contribution >= 4 is 17.5 Å². The molecule has 0 radical (unpaired) electrons. The van der Waals surface area contributed by atoms with Crippen LogP contribution < -0.4 is 5.32 Å². The van der Waals surface area contributed by atoms with Crippen LogP contribution in [0.3, 0.4) is 0 Å². The molecule has 1 unspecified atom stereocenters. The molecular formula is C27H22ClF5N4O2. The zero-order valence-corrected chi connectivity index (χ0v) is 21.1. The topological polar surface area (TPSA) is 73.0 Å². The third-order valence-corrected chi connectivity index (χ3v) is 6.73. The summed E-state index contributed by atoms with van der Waals surface area (Å²) in [5.41, 5.74) is 0.376. The van der Waals surface area contributed by atoms with E-state index in [1.807, 2.05) is 0 Å². The van der Waals surface area contributed by atoms with Crippen LogP contribution in [0.5, 0.6) is 0 Å². The predicted octanol–water partition coefficient (Wildman–Crippen LogP) is 6.47. The summed E-state index contributed by atoms with van der Waals surface area (Å²) in [5, 5.41) is 6.96. The van der Waals surface area contributed by atoms with Gasteiger partial charge in [0.15, 0.2) is 5.69 Å². The van der Waals surface area contributed by atoms with Crippen LogP contribution in [-0.4, -0.2) is 20.7 Å². The number of oxazole rings is 1. The molecule has 0 fully saturated rings. The lowest BCUT2D eigenvalue weighted by molar-refractivity contribution is -0.142. The Morgan fingerprint density at radius 1 is 1.08 bits per heavy atom. The van der Waals surface area contributed by atoms with Gasteiger partial charge in [0.1, 0.15) is 23.9 Å². The van der Waals surface area contributed by atoms with Crippen molar-refractivity contribution in [3.8, 4) is 11.5 Å². The summed E-state index contributed by atoms with van der Waals surface area (Å²) >= 11 is 5.94. The molecule has 0 spiro atoms. The first-order chi connectivity index (χ1) is 18.6. The number of amides is 1. The lowest BCUT2D eigenvalue weighted by atomic mass is 9.95. The van der Waals surface area contributed by atoms with Crippen molar-refractivity contribution in [3.63, 3.8) is 0 Å². The minimum atomic E-state index is -4.63. The first-order valence-electron chi connectivity index (χ1n) is 12.2. The molecule has 2 aromatic carbocycles. The van der Waals surface area contributed by atoms with E-state index >= 15 is 0 Å². The van der Waals surface area contributed by atoms with Crippen LogP contribution in [-0.2, 0) is 36.8 Å². The van der Waals surface area contributed by atoms with Crippen LogP contribution >= 0.6 is 11.6 Å². The van der Waals surface area contributed by atoms with Crippen molar-refractivity contribution in [3.05, 3.63) is 93.6 Å². The fourth-order valence-electron chi connectivity index (χ4n) is 4.77. The third-order valence-electron chi connectivity index (χ3n) is 6.47. The summed E-state index contributed by atoms with van der Waals surface area (Å²) in [6, 6.07) is 8.71. The second-order valence-corrected chi connectivity index (χ2v) is 9.75. The van der Waals surface area contributed by atoms with Crippen molar-refractivity contribution in [2.45, 2.75) is 50.9 Å². The molecule has 2 aromatic heterocycles. The number of rotatable bonds is 7. The van der Waals surface area contributed by atoms with E-state index < -0.39 is 42.0 Å². The maximum Gasteiger partial charge on any atom is 0.435 e. The van der Waals surface area contributed by atoms with Crippen molar-refractivity contribution < 1.29 is 31.2 Å². The van der Waals surface area contributed by atoms with Crippen LogP contribution in [0, 0.1) is 11.6 Å². The normalized spacial score (nSPS) is 14.2. The van der Waals surface area contributed by atoms with Crippen molar-refractivity contribution in [1.82, 2.24) is 20.1 Å². The number of halogens is 6. The molecule has 1 atom stereocenters. The summed E-state index contributed by atoms with van der Waals surface area (Å²) in [7, 11) is 0. The highest BCUT2D eigenvalue weighted by atomic mass is 35.5. The molecule has 1 N–H and O–H groups in total. The number of carbonyl (C=O) groups is 1. The van der Waals surface area contributed by atoms with E-state index in [1.54, 1.807) is 24.3 Å². The highest BCUT2D eigenvalue weighted by Crippen LogP contribution is 2.36. The van der Waals surface area contributed by atoms with E-state index in [4.69, 9.17) is 16.0 Å². The second-order valence-electron chi connectivity index (χ2n) is 9.31. The quantitative estimate of drug-likeness (QED) is 0.261. The second kappa shape index (κ2) is 10.8. The maximum atomic E-state index is 13.9. The summed E-state index contributed by atoms with van der Waals surface area (Å²) in [6.45, 7) is -0.468. The SMILES string of the molecule is O=C(Cn1nc(C(F)(F)F)c2c1CCCC2)NC(Cc1cc(F)cc(F)c1)c1cnc(-c2ccc(Cl)cc2)o1. The zero-order chi connectivity index (χ0) is 27.7. The Labute approximate surface area is 224 Å². The van der Waals surface area contributed by atoms with Gasteiger partial charge in [-0.25, -0.2) is 13.8 Å². The van der Waals surface area contributed by atoms with Crippen LogP contribution in [0.4, 0.5) is 22.0 Å². The molecular weight excluding hydrogens is 543 g/mol. The molecule has 204 valence electrons. The van der Waals surface area contributed by atoms with E-state index in [2.05, 4.69) is 15.4 Å². The molecule has 6 nitrogen and oxygen atoms in total. The fourth-order valence-corrected chi connectivity index (χ4v) is 4.89. The van der Waals surface area contributed by atoms with Gasteiger partial charge in [-0.05, 0) is 67.6 Å². The number of fused-ring (bicyclic) bond motifs is 1. The molecule has 0 saturated carbocycles. The Morgan fingerprint density at radius 3 is 2.46 bits per heavy atom. The average Bonchev–Trinajstić information content (AvgIpc) is 3.49. The van der Waals surface area contributed by atoms with Gasteiger partial charge in [0.05, 0.1) is 12.2 Å². The van der Waals surface area contributed by atoms with E-state index in [1.165, 1.54) is 6.20 Å². The molecule has 39 heavy (non-hydrogen) atoms. The van der Waals surface area contributed by atoms with E-state index in [0.717, 1.165) is 22.9 Å². The van der Waals surface area contributed by atoms with Gasteiger partial charge in [-0.2, -0.15) is 18.3 Å². The molecule has 0 aliphatic heterocycles. The lowest BCUT2D eigenvalue weighted by Crippen LogP contribution is -2.33. The largest absolute Gasteiger partial charge is 0.439 e. The third kappa shape index (κ3) is 6.13. The summed E-state index contributed by atoms with van der Waals surface area (Å²) in [6.07, 6.45) is -1.40. The summed E-state index contributed by atoms with van der Waals surface area (Å²) in [4.78, 5) is 17.3. The average molecular weight is 565 g/mol. The van der Waals surface area contributed by atoms with Crippen LogP contribution in [0.2, 0.25) is 5.02 Å². The van der Waals surface area contributed by atoms with Gasteiger partial charge in [-0.15, -0.1) is 0 Å². The number of benzene rings is 2. The predicted molar refractivity (Wildman–Crippen MR) is 132 cm³/mol. The molecule has 1 aliphatic rings. The molecule has 1 aliphatic carbocycles. The number of alkyl halides is 3. The Hall–Kier alpha value is -3.73. The van der Waals surface area contributed by atoms with E-state index in [-0.39, 0.29) is 35.6 Å². The minimum absolute atomic E-state index is 0.0688. The van der Waals surface area contributed by atoms with Gasteiger partial charge < -0.3 is 9.73 Å². The first-order valence-corrected chi connectivity index (χ1v) is 12.6. The van der Waals surface area contributed by atoms with Gasteiger partial charge in [0, 0.05) is 34.3 Å². The first kappa shape index (κ1) is 26.9. The number of hydrogen-bond donors (Lipinski definition) is 1. The molecule has 2 heterocycles. The number of nitrogens with zero attached hydrogens (tertiary/aromatic N) is 3. The molecule has 5 rings (SSSR count). The zero-order valence-electron chi connectivity index (χ0n) is 20.4. The number of aromatic nitrogens is 3. The van der Waals surface area contributed by atoms with Gasteiger partial charge in [0.25, 0.3) is 0 Å². The molecule has 0 bridgehead atoms. The van der Waals surface area contributed by atoms with Gasteiger partial charge in [-0.3, -0.25) is 9.48 Å². The fraction of sp³-hybridized carbons (Fsp3) is 0.296. The lowest BCUT2D eigenvalue weighted by Gasteiger charge is -2.18. The Morgan fingerprint density at radius 2 is 1.77 bits per heavy atom. The number of carbonyl (C=O) groups excluding carboxylic acids is 1. The van der Waals surface area contributed by atoms with Crippen LogP contribution in [0.1, 0.15) is 47.2 Å². The van der Waals surface area contributed by atoms with Crippen molar-refractivity contribution in [1.29, 1.82) is 0 Å². The van der Waals surface area contributed by atoms with Gasteiger partial charge >= 0.3 is 6.18 Å².